The van der Waals surface area contributed by atoms with Crippen LogP contribution in [-0.4, -0.2) is 0 Å². The largest absolute Gasteiger partial charge is 0.271 e. The third-order valence-electron chi connectivity index (χ3n) is 3.34. The normalized spacial score (nSPS) is 18.9. The summed E-state index contributed by atoms with van der Waals surface area (Å²) in [6.45, 7) is 0. The van der Waals surface area contributed by atoms with Crippen molar-refractivity contribution in [2.75, 3.05) is 0 Å². The summed E-state index contributed by atoms with van der Waals surface area (Å²) < 4.78 is 1.23. The summed E-state index contributed by atoms with van der Waals surface area (Å²) in [5.41, 5.74) is 4.20. The molecule has 1 atom stereocenters. The fourth-order valence-corrected chi connectivity index (χ4v) is 3.37. The van der Waals surface area contributed by atoms with E-state index in [-0.39, 0.29) is 6.04 Å². The molecule has 88 valence electrons. The predicted octanol–water partition coefficient (Wildman–Crippen LogP) is 3.64. The fourth-order valence-electron chi connectivity index (χ4n) is 2.52. The monoisotopic (exact) mass is 350 g/mol. The molecule has 0 aromatic heterocycles. The minimum Gasteiger partial charge on any atom is -0.271 e. The van der Waals surface area contributed by atoms with E-state index in [1.807, 2.05) is 12.1 Å². The van der Waals surface area contributed by atoms with Gasteiger partial charge >= 0.3 is 0 Å². The van der Waals surface area contributed by atoms with Gasteiger partial charge < -0.3 is 0 Å². The van der Waals surface area contributed by atoms with Crippen LogP contribution in [0.15, 0.2) is 18.2 Å². The van der Waals surface area contributed by atoms with Gasteiger partial charge in [-0.05, 0) is 65.1 Å². The molecule has 1 aromatic rings. The second-order valence-corrected chi connectivity index (χ2v) is 5.95. The summed E-state index contributed by atoms with van der Waals surface area (Å²) in [4.78, 5) is 0. The molecular weight excluding hydrogens is 335 g/mol. The number of hydrogen-bond acceptors (Lipinski definition) is 2. The molecule has 0 saturated heterocycles. The first kappa shape index (κ1) is 12.6. The lowest BCUT2D eigenvalue weighted by Crippen LogP contribution is -2.33. The van der Waals surface area contributed by atoms with E-state index >= 15 is 0 Å². The highest BCUT2D eigenvalue weighted by atomic mass is 127. The zero-order valence-corrected chi connectivity index (χ0v) is 12.0. The van der Waals surface area contributed by atoms with E-state index in [0.29, 0.717) is 5.92 Å². The molecular formula is C12H16ClIN2. The average Bonchev–Trinajstić information content (AvgIpc) is 2.78. The van der Waals surface area contributed by atoms with Gasteiger partial charge in [-0.3, -0.25) is 11.3 Å². The summed E-state index contributed by atoms with van der Waals surface area (Å²) in [5.74, 6) is 6.36. The number of benzene rings is 1. The van der Waals surface area contributed by atoms with E-state index in [1.54, 1.807) is 0 Å². The van der Waals surface area contributed by atoms with Crippen LogP contribution >= 0.6 is 34.2 Å². The van der Waals surface area contributed by atoms with E-state index in [0.717, 1.165) is 5.02 Å². The van der Waals surface area contributed by atoms with Crippen molar-refractivity contribution in [3.63, 3.8) is 0 Å². The van der Waals surface area contributed by atoms with Gasteiger partial charge in [0.1, 0.15) is 0 Å². The molecule has 16 heavy (non-hydrogen) atoms. The number of hydrogen-bond donors (Lipinski definition) is 2. The van der Waals surface area contributed by atoms with Crippen LogP contribution in [0, 0.1) is 9.49 Å². The molecule has 0 amide bonds. The van der Waals surface area contributed by atoms with Crippen molar-refractivity contribution < 1.29 is 0 Å². The zero-order valence-electron chi connectivity index (χ0n) is 9.05. The first-order valence-corrected chi connectivity index (χ1v) is 7.09. The molecule has 1 aliphatic carbocycles. The molecule has 1 aromatic carbocycles. The second-order valence-electron chi connectivity index (χ2n) is 4.35. The quantitative estimate of drug-likeness (QED) is 0.496. The first-order valence-electron chi connectivity index (χ1n) is 5.63. The smallest absolute Gasteiger partial charge is 0.0499 e. The van der Waals surface area contributed by atoms with Gasteiger partial charge in [0.25, 0.3) is 0 Å². The summed E-state index contributed by atoms with van der Waals surface area (Å²) in [6, 6.07) is 6.26. The van der Waals surface area contributed by atoms with Crippen LogP contribution in [0.2, 0.25) is 5.02 Å². The van der Waals surface area contributed by atoms with Crippen molar-refractivity contribution in [1.82, 2.24) is 5.43 Å². The molecule has 0 radical (unpaired) electrons. The Morgan fingerprint density at radius 2 is 2.06 bits per heavy atom. The Morgan fingerprint density at radius 1 is 1.38 bits per heavy atom. The van der Waals surface area contributed by atoms with Gasteiger partial charge in [0.15, 0.2) is 0 Å². The molecule has 4 heteroatoms. The molecule has 1 fully saturated rings. The fraction of sp³-hybridized carbons (Fsp3) is 0.500. The minimum absolute atomic E-state index is 0.244. The highest BCUT2D eigenvalue weighted by molar-refractivity contribution is 14.1. The first-order chi connectivity index (χ1) is 7.72. The third-order valence-corrected chi connectivity index (χ3v) is 4.56. The molecule has 0 aliphatic heterocycles. The van der Waals surface area contributed by atoms with Crippen molar-refractivity contribution in [2.24, 2.45) is 11.8 Å². The van der Waals surface area contributed by atoms with Gasteiger partial charge in [0, 0.05) is 14.6 Å². The van der Waals surface area contributed by atoms with Crippen molar-refractivity contribution >= 4 is 34.2 Å². The van der Waals surface area contributed by atoms with Crippen LogP contribution in [0.25, 0.3) is 0 Å². The van der Waals surface area contributed by atoms with E-state index < -0.39 is 0 Å². The molecule has 0 bridgehead atoms. The van der Waals surface area contributed by atoms with Crippen LogP contribution in [0.5, 0.6) is 0 Å². The molecule has 0 heterocycles. The molecule has 3 N–H and O–H groups in total. The Balaban J connectivity index is 2.28. The van der Waals surface area contributed by atoms with Gasteiger partial charge in [0.05, 0.1) is 0 Å². The number of hydrazine groups is 1. The van der Waals surface area contributed by atoms with Gasteiger partial charge in [-0.2, -0.15) is 0 Å². The second kappa shape index (κ2) is 5.67. The minimum atomic E-state index is 0.244. The maximum Gasteiger partial charge on any atom is 0.0499 e. The lowest BCUT2D eigenvalue weighted by atomic mass is 9.92. The standard InChI is InChI=1S/C12H16ClIN2/c13-9-5-6-11(14)10(7-9)12(16-15)8-3-1-2-4-8/h5-8,12,16H,1-4,15H2. The molecule has 1 saturated carbocycles. The summed E-state index contributed by atoms with van der Waals surface area (Å²) >= 11 is 8.40. The molecule has 0 spiro atoms. The van der Waals surface area contributed by atoms with E-state index in [1.165, 1.54) is 34.8 Å². The zero-order chi connectivity index (χ0) is 11.5. The molecule has 2 nitrogen and oxygen atoms in total. The maximum absolute atomic E-state index is 6.05. The number of nitrogens with two attached hydrogens (primary N) is 1. The van der Waals surface area contributed by atoms with Crippen LogP contribution in [-0.2, 0) is 0 Å². The lowest BCUT2D eigenvalue weighted by Gasteiger charge is -2.24. The number of nitrogens with one attached hydrogen (secondary N) is 1. The van der Waals surface area contributed by atoms with Crippen LogP contribution in [0.4, 0.5) is 0 Å². The highest BCUT2D eigenvalue weighted by Gasteiger charge is 2.26. The Bertz CT molecular complexity index is 364. The van der Waals surface area contributed by atoms with E-state index in [4.69, 9.17) is 17.4 Å². The van der Waals surface area contributed by atoms with Crippen molar-refractivity contribution in [2.45, 2.75) is 31.7 Å². The number of halogens is 2. The Kier molecular flexibility index (Phi) is 4.47. The Labute approximate surface area is 115 Å². The Hall–Kier alpha value is 0.160. The average molecular weight is 351 g/mol. The SMILES string of the molecule is NNC(c1cc(Cl)ccc1I)C1CCCC1. The topological polar surface area (TPSA) is 38.0 Å². The van der Waals surface area contributed by atoms with Gasteiger partial charge in [-0.1, -0.05) is 24.4 Å². The van der Waals surface area contributed by atoms with Crippen molar-refractivity contribution in [1.29, 1.82) is 0 Å². The summed E-state index contributed by atoms with van der Waals surface area (Å²) in [7, 11) is 0. The van der Waals surface area contributed by atoms with Crippen LogP contribution in [0.3, 0.4) is 0 Å². The van der Waals surface area contributed by atoms with Gasteiger partial charge in [-0.15, -0.1) is 0 Å². The van der Waals surface area contributed by atoms with Crippen molar-refractivity contribution in [3.8, 4) is 0 Å². The van der Waals surface area contributed by atoms with Crippen LogP contribution < -0.4 is 11.3 Å². The molecule has 1 unspecified atom stereocenters. The molecule has 2 rings (SSSR count). The molecule has 1 aliphatic rings. The van der Waals surface area contributed by atoms with Gasteiger partial charge in [0.2, 0.25) is 0 Å². The summed E-state index contributed by atoms with van der Waals surface area (Å²) in [6.07, 6.45) is 5.16. The summed E-state index contributed by atoms with van der Waals surface area (Å²) in [5, 5.41) is 0.786. The Morgan fingerprint density at radius 3 is 2.69 bits per heavy atom. The van der Waals surface area contributed by atoms with Crippen LogP contribution in [0.1, 0.15) is 37.3 Å². The third kappa shape index (κ3) is 2.70. The van der Waals surface area contributed by atoms with E-state index in [9.17, 15) is 0 Å². The van der Waals surface area contributed by atoms with E-state index in [2.05, 4.69) is 34.1 Å². The predicted molar refractivity (Wildman–Crippen MR) is 76.2 cm³/mol. The van der Waals surface area contributed by atoms with Crippen molar-refractivity contribution in [3.05, 3.63) is 32.4 Å². The van der Waals surface area contributed by atoms with Gasteiger partial charge in [-0.25, -0.2) is 0 Å². The highest BCUT2D eigenvalue weighted by Crippen LogP contribution is 2.37. The lowest BCUT2D eigenvalue weighted by molar-refractivity contribution is 0.372. The maximum atomic E-state index is 6.05. The number of rotatable bonds is 3.